The fourth-order valence-electron chi connectivity index (χ4n) is 3.44. The zero-order valence-corrected chi connectivity index (χ0v) is 18.3. The number of rotatable bonds is 12. The fourth-order valence-corrected chi connectivity index (χ4v) is 3.44. The number of nitrogens with zero attached hydrogens (tertiary/aromatic N) is 1. The molecule has 2 atom stereocenters. The van der Waals surface area contributed by atoms with Crippen molar-refractivity contribution in [2.75, 3.05) is 20.8 Å². The Bertz CT molecular complexity index is 732. The largest absolute Gasteiger partial charge is 0.494 e. The van der Waals surface area contributed by atoms with Crippen LogP contribution in [0, 0.1) is 0 Å². The molecule has 0 bridgehead atoms. The van der Waals surface area contributed by atoms with Crippen LogP contribution in [0.4, 0.5) is 0 Å². The van der Waals surface area contributed by atoms with E-state index in [0.29, 0.717) is 25.1 Å². The minimum absolute atomic E-state index is 0.140. The second kappa shape index (κ2) is 12.3. The third kappa shape index (κ3) is 7.90. The number of hydrogen-bond acceptors (Lipinski definition) is 4. The minimum atomic E-state index is -0.140. The van der Waals surface area contributed by atoms with Crippen LogP contribution in [0.5, 0.6) is 5.75 Å². The van der Waals surface area contributed by atoms with Crippen LogP contribution in [0.3, 0.4) is 0 Å². The van der Waals surface area contributed by atoms with Crippen LogP contribution in [-0.2, 0) is 16.0 Å². The molecule has 29 heavy (non-hydrogen) atoms. The number of methoxy groups -OCH3 is 1. The van der Waals surface area contributed by atoms with Gasteiger partial charge in [-0.25, -0.2) is 0 Å². The molecule has 2 aromatic rings. The van der Waals surface area contributed by atoms with Gasteiger partial charge in [0, 0.05) is 18.5 Å². The summed E-state index contributed by atoms with van der Waals surface area (Å²) < 4.78 is 10.6. The molecule has 0 aliphatic carbocycles. The Balaban J connectivity index is 1.79. The monoisotopic (exact) mass is 397 g/mol. The van der Waals surface area contributed by atoms with E-state index in [1.807, 2.05) is 6.07 Å². The molecule has 2 aromatic carbocycles. The van der Waals surface area contributed by atoms with Crippen molar-refractivity contribution in [3.05, 3.63) is 65.7 Å². The molecular weight excluding hydrogens is 362 g/mol. The van der Waals surface area contributed by atoms with E-state index in [0.717, 1.165) is 31.4 Å². The molecule has 0 aliphatic rings. The molecule has 4 nitrogen and oxygen atoms in total. The van der Waals surface area contributed by atoms with Crippen LogP contribution in [0.15, 0.2) is 54.6 Å². The van der Waals surface area contributed by atoms with Crippen molar-refractivity contribution in [3.63, 3.8) is 0 Å². The summed E-state index contributed by atoms with van der Waals surface area (Å²) in [7, 11) is 3.62. The number of benzene rings is 2. The van der Waals surface area contributed by atoms with Gasteiger partial charge in [-0.15, -0.1) is 0 Å². The normalized spacial score (nSPS) is 13.1. The van der Waals surface area contributed by atoms with Gasteiger partial charge in [0.05, 0.1) is 13.7 Å². The quantitative estimate of drug-likeness (QED) is 0.354. The zero-order chi connectivity index (χ0) is 21.1. The molecule has 0 fully saturated rings. The number of hydrogen-bond donors (Lipinski definition) is 0. The summed E-state index contributed by atoms with van der Waals surface area (Å²) >= 11 is 0. The van der Waals surface area contributed by atoms with E-state index in [9.17, 15) is 4.79 Å². The summed E-state index contributed by atoms with van der Waals surface area (Å²) in [5.74, 6) is 0.778. The number of ether oxygens (including phenoxy) is 2. The highest BCUT2D eigenvalue weighted by Crippen LogP contribution is 2.23. The third-order valence-corrected chi connectivity index (χ3v) is 5.54. The summed E-state index contributed by atoms with van der Waals surface area (Å²) in [6.45, 7) is 5.20. The zero-order valence-electron chi connectivity index (χ0n) is 18.3. The predicted octanol–water partition coefficient (Wildman–Crippen LogP) is 5.42. The molecule has 0 saturated carbocycles. The fraction of sp³-hybridized carbons (Fsp3) is 0.480. The molecule has 0 radical (unpaired) electrons. The number of esters is 1. The second-order valence-corrected chi connectivity index (χ2v) is 7.69. The Kier molecular flexibility index (Phi) is 9.72. The Hall–Kier alpha value is -2.33. The number of carbonyl (C=O) groups is 1. The number of unbranched alkanes of at least 4 members (excludes halogenated alkanes) is 2. The Morgan fingerprint density at radius 1 is 1.00 bits per heavy atom. The Labute approximate surface area is 175 Å². The smallest absolute Gasteiger partial charge is 0.305 e. The van der Waals surface area contributed by atoms with Gasteiger partial charge in [-0.05, 0) is 69.8 Å². The highest BCUT2D eigenvalue weighted by atomic mass is 16.5. The summed E-state index contributed by atoms with van der Waals surface area (Å²) in [5.41, 5.74) is 2.62. The third-order valence-electron chi connectivity index (χ3n) is 5.54. The van der Waals surface area contributed by atoms with E-state index in [2.05, 4.69) is 79.1 Å². The molecular formula is C25H35NO3. The van der Waals surface area contributed by atoms with Crippen molar-refractivity contribution < 1.29 is 14.3 Å². The van der Waals surface area contributed by atoms with Crippen molar-refractivity contribution in [1.29, 1.82) is 0 Å². The molecule has 0 spiro atoms. The topological polar surface area (TPSA) is 38.8 Å². The van der Waals surface area contributed by atoms with Crippen molar-refractivity contribution in [2.24, 2.45) is 0 Å². The van der Waals surface area contributed by atoms with Crippen LogP contribution in [0.2, 0.25) is 0 Å². The highest BCUT2D eigenvalue weighted by Gasteiger charge is 2.17. The van der Waals surface area contributed by atoms with E-state index in [1.165, 1.54) is 18.2 Å². The Morgan fingerprint density at radius 3 is 2.48 bits per heavy atom. The lowest BCUT2D eigenvalue weighted by molar-refractivity contribution is -0.140. The van der Waals surface area contributed by atoms with E-state index >= 15 is 0 Å². The lowest BCUT2D eigenvalue weighted by Crippen LogP contribution is -2.33. The van der Waals surface area contributed by atoms with Gasteiger partial charge in [0.15, 0.2) is 0 Å². The van der Waals surface area contributed by atoms with Crippen LogP contribution in [-0.4, -0.2) is 37.7 Å². The van der Waals surface area contributed by atoms with Crippen molar-refractivity contribution >= 4 is 5.97 Å². The maximum absolute atomic E-state index is 11.1. The van der Waals surface area contributed by atoms with E-state index in [4.69, 9.17) is 4.74 Å². The van der Waals surface area contributed by atoms with Crippen LogP contribution in [0.25, 0.3) is 0 Å². The van der Waals surface area contributed by atoms with Gasteiger partial charge >= 0.3 is 5.97 Å². The maximum Gasteiger partial charge on any atom is 0.305 e. The minimum Gasteiger partial charge on any atom is -0.494 e. The summed E-state index contributed by atoms with van der Waals surface area (Å²) in [6.07, 6.45) is 4.21. The second-order valence-electron chi connectivity index (χ2n) is 7.69. The number of carbonyl (C=O) groups excluding carboxylic acids is 1. The van der Waals surface area contributed by atoms with Crippen LogP contribution < -0.4 is 4.74 Å². The molecule has 158 valence electrons. The molecule has 0 unspecified atom stereocenters. The molecule has 0 aromatic heterocycles. The van der Waals surface area contributed by atoms with Crippen molar-refractivity contribution in [1.82, 2.24) is 4.90 Å². The van der Waals surface area contributed by atoms with Gasteiger partial charge in [-0.1, -0.05) is 42.5 Å². The van der Waals surface area contributed by atoms with E-state index < -0.39 is 0 Å². The summed E-state index contributed by atoms with van der Waals surface area (Å²) in [5, 5.41) is 0. The molecule has 0 N–H and O–H groups in total. The predicted molar refractivity (Wildman–Crippen MR) is 118 cm³/mol. The van der Waals surface area contributed by atoms with Gasteiger partial charge in [0.25, 0.3) is 0 Å². The van der Waals surface area contributed by atoms with Gasteiger partial charge in [0.2, 0.25) is 0 Å². The molecule has 0 aliphatic heterocycles. The Morgan fingerprint density at radius 2 is 1.76 bits per heavy atom. The number of likely N-dealkylation sites (N-methyl/N-ethyl adjacent to an activating group) is 1. The standard InChI is InChI=1S/C25H35NO3/c1-20(26(3)21(2)23-13-7-5-8-14-23)18-22-12-11-15-24(19-22)29-17-10-6-9-16-25(27)28-4/h5,7-8,11-15,19-21H,6,9-10,16-18H2,1-4H3/t20-,21-/m0/s1. The molecule has 4 heteroatoms. The molecule has 0 amide bonds. The van der Waals surface area contributed by atoms with Crippen molar-refractivity contribution in [2.45, 2.75) is 58.0 Å². The van der Waals surface area contributed by atoms with Gasteiger partial charge in [-0.3, -0.25) is 9.69 Å². The first-order valence-corrected chi connectivity index (χ1v) is 10.6. The first-order chi connectivity index (χ1) is 14.0. The molecule has 2 rings (SSSR count). The maximum atomic E-state index is 11.1. The first-order valence-electron chi connectivity index (χ1n) is 10.6. The van der Waals surface area contributed by atoms with Gasteiger partial charge in [0.1, 0.15) is 5.75 Å². The highest BCUT2D eigenvalue weighted by molar-refractivity contribution is 5.68. The van der Waals surface area contributed by atoms with Crippen LogP contribution >= 0.6 is 0 Å². The average Bonchev–Trinajstić information content (AvgIpc) is 2.75. The van der Waals surface area contributed by atoms with Gasteiger partial charge in [-0.2, -0.15) is 0 Å². The molecule has 0 saturated heterocycles. The molecule has 0 heterocycles. The summed E-state index contributed by atoms with van der Waals surface area (Å²) in [6, 6.07) is 19.8. The van der Waals surface area contributed by atoms with E-state index in [-0.39, 0.29) is 5.97 Å². The average molecular weight is 398 g/mol. The SMILES string of the molecule is COC(=O)CCCCCOc1cccc(C[C@H](C)N(C)[C@@H](C)c2ccccc2)c1. The van der Waals surface area contributed by atoms with Crippen molar-refractivity contribution in [3.8, 4) is 5.75 Å². The van der Waals surface area contributed by atoms with E-state index in [1.54, 1.807) is 0 Å². The van der Waals surface area contributed by atoms with Gasteiger partial charge < -0.3 is 9.47 Å². The summed E-state index contributed by atoms with van der Waals surface area (Å²) in [4.78, 5) is 13.5. The lowest BCUT2D eigenvalue weighted by Gasteiger charge is -2.31. The lowest BCUT2D eigenvalue weighted by atomic mass is 10.0. The first kappa shape index (κ1) is 23.0. The van der Waals surface area contributed by atoms with Crippen LogP contribution in [0.1, 0.15) is 56.7 Å².